The van der Waals surface area contributed by atoms with E-state index in [-0.39, 0.29) is 18.6 Å². The fraction of sp³-hybridized carbons (Fsp3) is 0.250. The second-order valence-electron chi connectivity index (χ2n) is 6.03. The number of carboxylic acids is 1. The smallest absolute Gasteiger partial charge is 0.426 e. The van der Waals surface area contributed by atoms with E-state index in [1.54, 1.807) is 0 Å². The van der Waals surface area contributed by atoms with Crippen molar-refractivity contribution in [1.29, 1.82) is 0 Å². The van der Waals surface area contributed by atoms with Crippen LogP contribution in [0.3, 0.4) is 0 Å². The Bertz CT molecular complexity index is 809. The zero-order valence-electron chi connectivity index (χ0n) is 14.5. The van der Waals surface area contributed by atoms with E-state index in [1.165, 1.54) is 42.5 Å². The van der Waals surface area contributed by atoms with Gasteiger partial charge in [-0.3, -0.25) is 0 Å². The summed E-state index contributed by atoms with van der Waals surface area (Å²) in [6.45, 7) is 0. The minimum atomic E-state index is -4.22. The molecule has 0 unspecified atom stereocenters. The lowest BCUT2D eigenvalue weighted by molar-refractivity contribution is -0.185. The predicted molar refractivity (Wildman–Crippen MR) is 93.1 cm³/mol. The van der Waals surface area contributed by atoms with Crippen LogP contribution in [0.2, 0.25) is 0 Å². The Labute approximate surface area is 158 Å². The number of ether oxygens (including phenoxy) is 1. The van der Waals surface area contributed by atoms with Gasteiger partial charge in [0.25, 0.3) is 0 Å². The highest BCUT2D eigenvalue weighted by Crippen LogP contribution is 2.32. The van der Waals surface area contributed by atoms with E-state index in [0.717, 1.165) is 18.2 Å². The van der Waals surface area contributed by atoms with Gasteiger partial charge in [-0.2, -0.15) is 22.0 Å². The molecule has 0 saturated heterocycles. The van der Waals surface area contributed by atoms with Gasteiger partial charge >= 0.3 is 18.3 Å². The highest BCUT2D eigenvalue weighted by molar-refractivity contribution is 5.85. The molecule has 150 valence electrons. The van der Waals surface area contributed by atoms with Gasteiger partial charge in [-0.1, -0.05) is 24.3 Å². The van der Waals surface area contributed by atoms with E-state index in [0.29, 0.717) is 11.1 Å². The molecule has 0 atom stereocenters. The van der Waals surface area contributed by atoms with Gasteiger partial charge in [0.15, 0.2) is 0 Å². The molecule has 3 nitrogen and oxygen atoms in total. The Hall–Kier alpha value is -2.90. The Morgan fingerprint density at radius 1 is 0.964 bits per heavy atom. The van der Waals surface area contributed by atoms with Crippen molar-refractivity contribution in [3.8, 4) is 5.75 Å². The van der Waals surface area contributed by atoms with Crippen molar-refractivity contribution in [3.05, 3.63) is 71.3 Å². The van der Waals surface area contributed by atoms with Crippen LogP contribution in [0.25, 0.3) is 6.08 Å². The van der Waals surface area contributed by atoms with Crippen LogP contribution in [0, 0.1) is 0 Å². The van der Waals surface area contributed by atoms with E-state index >= 15 is 0 Å². The fourth-order valence-electron chi connectivity index (χ4n) is 2.38. The number of aliphatic carboxylic acids is 1. The van der Waals surface area contributed by atoms with Gasteiger partial charge in [0.1, 0.15) is 5.75 Å². The molecule has 28 heavy (non-hydrogen) atoms. The lowest BCUT2D eigenvalue weighted by Gasteiger charge is -2.18. The largest absolute Gasteiger partial charge is 0.478 e. The van der Waals surface area contributed by atoms with Crippen molar-refractivity contribution in [1.82, 2.24) is 0 Å². The van der Waals surface area contributed by atoms with Gasteiger partial charge in [0.05, 0.1) is 5.56 Å². The molecule has 0 amide bonds. The molecule has 0 radical (unpaired) electrons. The molecule has 0 spiro atoms. The first-order chi connectivity index (χ1) is 13.0. The number of hydrogen-bond donors (Lipinski definition) is 1. The number of carboxylic acid groups (broad SMARTS) is 1. The molecule has 0 heterocycles. The summed E-state index contributed by atoms with van der Waals surface area (Å²) in [5, 5.41) is 8.55. The van der Waals surface area contributed by atoms with Crippen LogP contribution in [0.1, 0.15) is 29.5 Å². The normalized spacial score (nSPS) is 12.3. The van der Waals surface area contributed by atoms with Gasteiger partial charge in [-0.05, 0) is 54.3 Å². The summed E-state index contributed by atoms with van der Waals surface area (Å²) in [5.74, 6) is -1.28. The van der Waals surface area contributed by atoms with Gasteiger partial charge in [-0.15, -0.1) is 0 Å². The van der Waals surface area contributed by atoms with Crippen LogP contribution in [-0.4, -0.2) is 17.3 Å². The van der Waals surface area contributed by atoms with Gasteiger partial charge in [0.2, 0.25) is 0 Å². The minimum Gasteiger partial charge on any atom is -0.478 e. The van der Waals surface area contributed by atoms with Crippen LogP contribution in [0.15, 0.2) is 54.6 Å². The monoisotopic (exact) mass is 400 g/mol. The maximum absolute atomic E-state index is 14.3. The maximum Gasteiger partial charge on any atom is 0.426 e. The van der Waals surface area contributed by atoms with Crippen LogP contribution in [-0.2, 0) is 17.3 Å². The summed E-state index contributed by atoms with van der Waals surface area (Å²) in [6, 6.07) is 10.3. The summed E-state index contributed by atoms with van der Waals surface area (Å²) in [5.41, 5.74) is 0.605. The van der Waals surface area contributed by atoms with Crippen LogP contribution >= 0.6 is 0 Å². The number of aryl methyl sites for hydroxylation is 1. The standard InChI is InChI=1S/C20H17F5O3/c21-19(22,23)13-1-2-14-5-10-17(11-6-14)28-20(24,25)16-8-3-15(4-9-16)7-12-18(26)27/h3-12H,1-2,13H2,(H,26,27)/b12-7+. The zero-order valence-corrected chi connectivity index (χ0v) is 14.5. The van der Waals surface area contributed by atoms with E-state index in [2.05, 4.69) is 0 Å². The Morgan fingerprint density at radius 3 is 2.11 bits per heavy atom. The van der Waals surface area contributed by atoms with Gasteiger partial charge < -0.3 is 9.84 Å². The van der Waals surface area contributed by atoms with Crippen molar-refractivity contribution in [2.45, 2.75) is 31.5 Å². The van der Waals surface area contributed by atoms with Crippen molar-refractivity contribution in [2.75, 3.05) is 0 Å². The Morgan fingerprint density at radius 2 is 1.57 bits per heavy atom. The number of benzene rings is 2. The highest BCUT2D eigenvalue weighted by atomic mass is 19.4. The SMILES string of the molecule is O=C(O)/C=C/c1ccc(C(F)(F)Oc2ccc(CCCC(F)(F)F)cc2)cc1. The molecule has 2 rings (SSSR count). The summed E-state index contributed by atoms with van der Waals surface area (Å²) in [7, 11) is 0. The van der Waals surface area contributed by atoms with E-state index in [1.807, 2.05) is 0 Å². The molecule has 0 bridgehead atoms. The quantitative estimate of drug-likeness (QED) is 0.450. The lowest BCUT2D eigenvalue weighted by Crippen LogP contribution is -2.21. The minimum absolute atomic E-state index is 0.0808. The summed E-state index contributed by atoms with van der Waals surface area (Å²) in [4.78, 5) is 10.5. The molecule has 2 aromatic rings. The van der Waals surface area contributed by atoms with Crippen molar-refractivity contribution < 1.29 is 36.6 Å². The Balaban J connectivity index is 1.98. The molecular formula is C20H17F5O3. The van der Waals surface area contributed by atoms with E-state index < -0.39 is 30.2 Å². The highest BCUT2D eigenvalue weighted by Gasteiger charge is 2.34. The topological polar surface area (TPSA) is 46.5 Å². The van der Waals surface area contributed by atoms with E-state index in [9.17, 15) is 26.7 Å². The van der Waals surface area contributed by atoms with Crippen LogP contribution in [0.4, 0.5) is 22.0 Å². The second kappa shape index (κ2) is 8.86. The van der Waals surface area contributed by atoms with Crippen LogP contribution in [0.5, 0.6) is 5.75 Å². The average Bonchev–Trinajstić information content (AvgIpc) is 2.60. The third-order valence-electron chi connectivity index (χ3n) is 3.76. The number of carbonyl (C=O) groups is 1. The molecule has 0 aliphatic carbocycles. The molecule has 0 saturated carbocycles. The average molecular weight is 400 g/mol. The van der Waals surface area contributed by atoms with Gasteiger partial charge in [0, 0.05) is 12.5 Å². The first-order valence-electron chi connectivity index (χ1n) is 8.29. The molecule has 0 aliphatic rings. The van der Waals surface area contributed by atoms with Crippen molar-refractivity contribution in [2.24, 2.45) is 0 Å². The third-order valence-corrected chi connectivity index (χ3v) is 3.76. The lowest BCUT2D eigenvalue weighted by atomic mass is 10.1. The van der Waals surface area contributed by atoms with Crippen LogP contribution < -0.4 is 4.74 Å². The first kappa shape index (κ1) is 21.4. The van der Waals surface area contributed by atoms with Crippen molar-refractivity contribution in [3.63, 3.8) is 0 Å². The Kier molecular flexibility index (Phi) is 6.77. The zero-order chi connectivity index (χ0) is 20.8. The summed E-state index contributed by atoms with van der Waals surface area (Å²) in [6.07, 6.45) is -6.50. The fourth-order valence-corrected chi connectivity index (χ4v) is 2.38. The maximum atomic E-state index is 14.3. The molecule has 2 aromatic carbocycles. The third kappa shape index (κ3) is 7.02. The van der Waals surface area contributed by atoms with Crippen molar-refractivity contribution >= 4 is 12.0 Å². The number of halogens is 5. The molecule has 8 heteroatoms. The van der Waals surface area contributed by atoms with E-state index in [4.69, 9.17) is 9.84 Å². The van der Waals surface area contributed by atoms with Gasteiger partial charge in [-0.25, -0.2) is 4.79 Å². The molecule has 0 aromatic heterocycles. The molecule has 0 aliphatic heterocycles. The molecular weight excluding hydrogens is 383 g/mol. The number of rotatable bonds is 8. The second-order valence-corrected chi connectivity index (χ2v) is 6.03. The molecule has 1 N–H and O–H groups in total. The first-order valence-corrected chi connectivity index (χ1v) is 8.29. The molecule has 0 fully saturated rings. The summed E-state index contributed by atoms with van der Waals surface area (Å²) >= 11 is 0. The number of alkyl halides is 5. The number of hydrogen-bond acceptors (Lipinski definition) is 2. The predicted octanol–water partition coefficient (Wildman–Crippen LogP) is 5.80. The summed E-state index contributed by atoms with van der Waals surface area (Å²) < 4.78 is 69.7.